The molecule has 0 spiro atoms. The van der Waals surface area contributed by atoms with Gasteiger partial charge in [-0.15, -0.1) is 0 Å². The maximum Gasteiger partial charge on any atom is 0.0743 e. The summed E-state index contributed by atoms with van der Waals surface area (Å²) >= 11 is 0. The van der Waals surface area contributed by atoms with Crippen LogP contribution in [0.3, 0.4) is 0 Å². The van der Waals surface area contributed by atoms with Gasteiger partial charge in [0, 0.05) is 6.54 Å². The van der Waals surface area contributed by atoms with Gasteiger partial charge in [-0.2, -0.15) is 0 Å². The van der Waals surface area contributed by atoms with E-state index in [0.29, 0.717) is 12.2 Å². The van der Waals surface area contributed by atoms with Crippen LogP contribution in [0.4, 0.5) is 0 Å². The zero-order valence-corrected chi connectivity index (χ0v) is 5.59. The number of allylic oxidation sites excluding steroid dienone is 1. The van der Waals surface area contributed by atoms with Gasteiger partial charge in [-0.1, -0.05) is 0 Å². The van der Waals surface area contributed by atoms with E-state index in [1.807, 2.05) is 0 Å². The van der Waals surface area contributed by atoms with Gasteiger partial charge in [0.25, 0.3) is 0 Å². The molecule has 0 aromatic heterocycles. The number of nitrogens with two attached hydrogens (primary N) is 1. The van der Waals surface area contributed by atoms with E-state index in [0.717, 1.165) is 5.70 Å². The van der Waals surface area contributed by atoms with Crippen molar-refractivity contribution in [2.24, 2.45) is 15.7 Å². The largest absolute Gasteiger partial charge is 0.325 e. The van der Waals surface area contributed by atoms with E-state index in [1.165, 1.54) is 0 Å². The zero-order valence-electron chi connectivity index (χ0n) is 5.59. The minimum atomic E-state index is 0.369. The fourth-order valence-electron chi connectivity index (χ4n) is 0.418. The first kappa shape index (κ1) is 8.04. The standard InChI is InChI=1S/C6H11N3/c1-5(8-2)6(4-7)9-3/h2-4,7H2,1H3. The van der Waals surface area contributed by atoms with Gasteiger partial charge >= 0.3 is 0 Å². The summed E-state index contributed by atoms with van der Waals surface area (Å²) in [6.07, 6.45) is 0. The molecule has 0 radical (unpaired) electrons. The second-order valence-corrected chi connectivity index (χ2v) is 1.55. The Bertz CT molecular complexity index is 146. The van der Waals surface area contributed by atoms with Gasteiger partial charge in [0.05, 0.1) is 11.4 Å². The Morgan fingerprint density at radius 1 is 1.44 bits per heavy atom. The third kappa shape index (κ3) is 2.19. The fraction of sp³-hybridized carbons (Fsp3) is 0.333. The molecule has 0 amide bonds. The maximum absolute atomic E-state index is 5.28. The predicted molar refractivity (Wildman–Crippen MR) is 40.9 cm³/mol. The van der Waals surface area contributed by atoms with Crippen LogP contribution in [0.5, 0.6) is 0 Å². The Labute approximate surface area is 55.0 Å². The van der Waals surface area contributed by atoms with Crippen LogP contribution in [0, 0.1) is 0 Å². The molecule has 50 valence electrons. The van der Waals surface area contributed by atoms with E-state index in [9.17, 15) is 0 Å². The molecule has 0 saturated carbocycles. The monoisotopic (exact) mass is 125 g/mol. The molecule has 0 aliphatic heterocycles. The van der Waals surface area contributed by atoms with Gasteiger partial charge in [0.2, 0.25) is 0 Å². The predicted octanol–water partition coefficient (Wildman–Crippen LogP) is 0.578. The van der Waals surface area contributed by atoms with Gasteiger partial charge < -0.3 is 5.73 Å². The zero-order chi connectivity index (χ0) is 7.28. The van der Waals surface area contributed by atoms with Gasteiger partial charge in [0.1, 0.15) is 0 Å². The molecule has 0 bridgehead atoms. The van der Waals surface area contributed by atoms with Crippen LogP contribution in [0.2, 0.25) is 0 Å². The molecular weight excluding hydrogens is 114 g/mol. The molecule has 0 aliphatic carbocycles. The van der Waals surface area contributed by atoms with Crippen LogP contribution < -0.4 is 5.73 Å². The van der Waals surface area contributed by atoms with Crippen LogP contribution >= 0.6 is 0 Å². The molecule has 0 atom stereocenters. The average Bonchev–Trinajstić information content (AvgIpc) is 1.90. The molecule has 2 N–H and O–H groups in total. The molecule has 0 saturated heterocycles. The van der Waals surface area contributed by atoms with Crippen LogP contribution in [0.1, 0.15) is 6.92 Å². The van der Waals surface area contributed by atoms with Crippen LogP contribution in [-0.4, -0.2) is 20.0 Å². The first-order valence-corrected chi connectivity index (χ1v) is 2.59. The van der Waals surface area contributed by atoms with E-state index in [1.54, 1.807) is 6.92 Å². The van der Waals surface area contributed by atoms with E-state index < -0.39 is 0 Å². The number of hydrogen-bond acceptors (Lipinski definition) is 3. The molecule has 0 aliphatic rings. The van der Waals surface area contributed by atoms with Crippen molar-refractivity contribution in [2.45, 2.75) is 6.92 Å². The Morgan fingerprint density at radius 3 is 2.11 bits per heavy atom. The lowest BCUT2D eigenvalue weighted by molar-refractivity contribution is 1.05. The fourth-order valence-corrected chi connectivity index (χ4v) is 0.418. The maximum atomic E-state index is 5.28. The average molecular weight is 125 g/mol. The molecule has 3 heteroatoms. The van der Waals surface area contributed by atoms with Crippen molar-refractivity contribution in [3.05, 3.63) is 11.4 Å². The summed E-state index contributed by atoms with van der Waals surface area (Å²) in [5, 5.41) is 0. The van der Waals surface area contributed by atoms with E-state index in [4.69, 9.17) is 5.73 Å². The SMILES string of the molecule is C=NC(C)=C(CN)N=C. The second-order valence-electron chi connectivity index (χ2n) is 1.55. The molecule has 3 nitrogen and oxygen atoms in total. The van der Waals surface area contributed by atoms with Crippen LogP contribution in [0.15, 0.2) is 21.4 Å². The Balaban J connectivity index is 4.36. The summed E-state index contributed by atoms with van der Waals surface area (Å²) in [5.74, 6) is 0. The minimum Gasteiger partial charge on any atom is -0.325 e. The third-order valence-corrected chi connectivity index (χ3v) is 1.04. The first-order chi connectivity index (χ1) is 4.26. The van der Waals surface area contributed by atoms with Crippen molar-refractivity contribution < 1.29 is 0 Å². The van der Waals surface area contributed by atoms with Crippen LogP contribution in [-0.2, 0) is 0 Å². The molecule has 0 aromatic rings. The van der Waals surface area contributed by atoms with Crippen molar-refractivity contribution in [3.63, 3.8) is 0 Å². The molecule has 9 heavy (non-hydrogen) atoms. The van der Waals surface area contributed by atoms with E-state index >= 15 is 0 Å². The number of nitrogens with zero attached hydrogens (tertiary/aromatic N) is 2. The minimum absolute atomic E-state index is 0.369. The van der Waals surface area contributed by atoms with Crippen LogP contribution in [0.25, 0.3) is 0 Å². The lowest BCUT2D eigenvalue weighted by Crippen LogP contribution is -2.02. The summed E-state index contributed by atoms with van der Waals surface area (Å²) < 4.78 is 0. The first-order valence-electron chi connectivity index (χ1n) is 2.59. The normalized spacial score (nSPS) is 12.2. The highest BCUT2D eigenvalue weighted by Crippen LogP contribution is 2.02. The highest BCUT2D eigenvalue weighted by Gasteiger charge is 1.92. The molecule has 0 unspecified atom stereocenters. The highest BCUT2D eigenvalue weighted by atomic mass is 14.8. The smallest absolute Gasteiger partial charge is 0.0743 e. The molecule has 0 rings (SSSR count). The summed E-state index contributed by atoms with van der Waals surface area (Å²) in [6.45, 7) is 8.82. The molecule has 0 heterocycles. The third-order valence-electron chi connectivity index (χ3n) is 1.04. The van der Waals surface area contributed by atoms with Gasteiger partial charge in [-0.25, -0.2) is 0 Å². The lowest BCUT2D eigenvalue weighted by Gasteiger charge is -1.96. The van der Waals surface area contributed by atoms with Gasteiger partial charge in [-0.3, -0.25) is 9.98 Å². The highest BCUT2D eigenvalue weighted by molar-refractivity contribution is 5.34. The quantitative estimate of drug-likeness (QED) is 0.551. The summed E-state index contributed by atoms with van der Waals surface area (Å²) in [6, 6.07) is 0. The van der Waals surface area contributed by atoms with E-state index in [-0.39, 0.29) is 0 Å². The number of rotatable bonds is 3. The van der Waals surface area contributed by atoms with E-state index in [2.05, 4.69) is 23.4 Å². The molecule has 0 aromatic carbocycles. The van der Waals surface area contributed by atoms with Crippen molar-refractivity contribution >= 4 is 13.4 Å². The Hall–Kier alpha value is -0.960. The number of aliphatic imine (C=N–C) groups is 2. The van der Waals surface area contributed by atoms with Crippen molar-refractivity contribution in [1.82, 2.24) is 0 Å². The molecular formula is C6H11N3. The lowest BCUT2D eigenvalue weighted by atomic mass is 10.3. The van der Waals surface area contributed by atoms with Gasteiger partial charge in [0.15, 0.2) is 0 Å². The second kappa shape index (κ2) is 3.97. The summed E-state index contributed by atoms with van der Waals surface area (Å²) in [4.78, 5) is 7.29. The molecule has 0 fully saturated rings. The Kier molecular flexibility index (Phi) is 3.55. The summed E-state index contributed by atoms with van der Waals surface area (Å²) in [7, 11) is 0. The van der Waals surface area contributed by atoms with Gasteiger partial charge in [-0.05, 0) is 20.4 Å². The van der Waals surface area contributed by atoms with Crippen molar-refractivity contribution in [2.75, 3.05) is 6.54 Å². The summed E-state index contributed by atoms with van der Waals surface area (Å²) in [5.41, 5.74) is 6.72. The van der Waals surface area contributed by atoms with Crippen molar-refractivity contribution in [1.29, 1.82) is 0 Å². The van der Waals surface area contributed by atoms with Crippen molar-refractivity contribution in [3.8, 4) is 0 Å². The Morgan fingerprint density at radius 2 is 2.00 bits per heavy atom. The number of hydrogen-bond donors (Lipinski definition) is 1. The topological polar surface area (TPSA) is 50.7 Å².